The third-order valence-corrected chi connectivity index (χ3v) is 5.48. The van der Waals surface area contributed by atoms with Crippen molar-refractivity contribution in [1.29, 1.82) is 0 Å². The van der Waals surface area contributed by atoms with Crippen LogP contribution in [0.3, 0.4) is 0 Å². The summed E-state index contributed by atoms with van der Waals surface area (Å²) in [7, 11) is -3.60. The summed E-state index contributed by atoms with van der Waals surface area (Å²) < 4.78 is 40.6. The first-order valence-electron chi connectivity index (χ1n) is 8.13. The van der Waals surface area contributed by atoms with E-state index in [1.165, 1.54) is 18.2 Å². The van der Waals surface area contributed by atoms with Crippen molar-refractivity contribution in [1.82, 2.24) is 4.98 Å². The number of hydrogen-bond donors (Lipinski definition) is 2. The lowest BCUT2D eigenvalue weighted by Gasteiger charge is -2.13. The number of aryl methyl sites for hydroxylation is 3. The summed E-state index contributed by atoms with van der Waals surface area (Å²) in [4.78, 5) is 14.3. The lowest BCUT2D eigenvalue weighted by molar-refractivity contribution is 0.599. The average molecular weight is 374 g/mol. The van der Waals surface area contributed by atoms with Crippen LogP contribution in [0.5, 0.6) is 0 Å². The van der Waals surface area contributed by atoms with Gasteiger partial charge in [0, 0.05) is 17.0 Å². The van der Waals surface area contributed by atoms with Crippen molar-refractivity contribution in [3.63, 3.8) is 0 Å². The van der Waals surface area contributed by atoms with Crippen LogP contribution in [0.15, 0.2) is 47.3 Å². The molecule has 0 fully saturated rings. The van der Waals surface area contributed by atoms with Gasteiger partial charge in [0.1, 0.15) is 5.82 Å². The van der Waals surface area contributed by atoms with Gasteiger partial charge < -0.3 is 4.98 Å². The molecule has 0 amide bonds. The van der Waals surface area contributed by atoms with Gasteiger partial charge >= 0.3 is 0 Å². The van der Waals surface area contributed by atoms with Gasteiger partial charge in [-0.1, -0.05) is 12.1 Å². The summed E-state index contributed by atoms with van der Waals surface area (Å²) >= 11 is 0. The van der Waals surface area contributed by atoms with Gasteiger partial charge in [-0.2, -0.15) is 0 Å². The molecule has 0 atom stereocenters. The first-order valence-corrected chi connectivity index (χ1v) is 9.78. The van der Waals surface area contributed by atoms with Crippen LogP contribution in [-0.4, -0.2) is 19.2 Å². The molecule has 3 rings (SSSR count). The standard InChI is InChI=1S/C19H19FN2O3S/c1-12-9-19(23)21-18-8-13(2)17(11-16(12)18)22-26(24,25)7-6-14-4-3-5-15(20)10-14/h3-5,8-11,22H,6-7H2,1-2H3,(H,21,23). The molecule has 0 radical (unpaired) electrons. The minimum absolute atomic E-state index is 0.154. The van der Waals surface area contributed by atoms with E-state index < -0.39 is 10.0 Å². The Morgan fingerprint density at radius 3 is 2.58 bits per heavy atom. The fourth-order valence-corrected chi connectivity index (χ4v) is 4.02. The molecule has 0 aliphatic carbocycles. The summed E-state index contributed by atoms with van der Waals surface area (Å²) in [5.41, 5.74) is 3.02. The lowest BCUT2D eigenvalue weighted by atomic mass is 10.1. The highest BCUT2D eigenvalue weighted by molar-refractivity contribution is 7.92. The molecule has 0 aliphatic rings. The predicted molar refractivity (Wildman–Crippen MR) is 102 cm³/mol. The normalized spacial score (nSPS) is 11.7. The molecule has 7 heteroatoms. The van der Waals surface area contributed by atoms with E-state index in [0.717, 1.165) is 10.9 Å². The number of hydrogen-bond acceptors (Lipinski definition) is 3. The molecule has 2 N–H and O–H groups in total. The van der Waals surface area contributed by atoms with Crippen molar-refractivity contribution in [2.45, 2.75) is 20.3 Å². The number of fused-ring (bicyclic) bond motifs is 1. The van der Waals surface area contributed by atoms with E-state index in [1.807, 2.05) is 0 Å². The van der Waals surface area contributed by atoms with Crippen molar-refractivity contribution >= 4 is 26.6 Å². The van der Waals surface area contributed by atoms with Crippen LogP contribution in [0.25, 0.3) is 10.9 Å². The van der Waals surface area contributed by atoms with E-state index in [2.05, 4.69) is 9.71 Å². The Bertz CT molecular complexity index is 1140. The van der Waals surface area contributed by atoms with Crippen molar-refractivity contribution < 1.29 is 12.8 Å². The molecule has 136 valence electrons. The molecule has 0 aliphatic heterocycles. The van der Waals surface area contributed by atoms with E-state index in [4.69, 9.17) is 0 Å². The van der Waals surface area contributed by atoms with Crippen LogP contribution in [-0.2, 0) is 16.4 Å². The largest absolute Gasteiger partial charge is 0.322 e. The minimum Gasteiger partial charge on any atom is -0.322 e. The zero-order valence-electron chi connectivity index (χ0n) is 14.5. The van der Waals surface area contributed by atoms with Crippen LogP contribution in [0.2, 0.25) is 0 Å². The fraction of sp³-hybridized carbons (Fsp3) is 0.211. The fourth-order valence-electron chi connectivity index (χ4n) is 2.85. The molecule has 26 heavy (non-hydrogen) atoms. The monoisotopic (exact) mass is 374 g/mol. The van der Waals surface area contributed by atoms with Gasteiger partial charge in [0.2, 0.25) is 15.6 Å². The molecule has 1 heterocycles. The molecule has 0 spiro atoms. The number of aromatic nitrogens is 1. The first kappa shape index (κ1) is 18.1. The molecule has 0 saturated carbocycles. The number of sulfonamides is 1. The van der Waals surface area contributed by atoms with Crippen molar-refractivity contribution in [3.05, 3.63) is 75.3 Å². The third kappa shape index (κ3) is 4.11. The third-order valence-electron chi connectivity index (χ3n) is 4.21. The predicted octanol–water partition coefficient (Wildman–Crippen LogP) is 3.27. The van der Waals surface area contributed by atoms with E-state index >= 15 is 0 Å². The van der Waals surface area contributed by atoms with Gasteiger partial charge in [0.05, 0.1) is 11.4 Å². The van der Waals surface area contributed by atoms with E-state index in [0.29, 0.717) is 22.3 Å². The van der Waals surface area contributed by atoms with Crippen LogP contribution in [0.1, 0.15) is 16.7 Å². The molecular formula is C19H19FN2O3S. The number of benzene rings is 2. The van der Waals surface area contributed by atoms with Crippen molar-refractivity contribution in [2.75, 3.05) is 10.5 Å². The number of rotatable bonds is 5. The summed E-state index contributed by atoms with van der Waals surface area (Å²) in [5.74, 6) is -0.541. The summed E-state index contributed by atoms with van der Waals surface area (Å²) in [6.07, 6.45) is 0.214. The molecule has 0 bridgehead atoms. The zero-order chi connectivity index (χ0) is 18.9. The average Bonchev–Trinajstić information content (AvgIpc) is 2.54. The molecule has 0 unspecified atom stereocenters. The molecule has 3 aromatic rings. The maximum atomic E-state index is 13.2. The Kier molecular flexibility index (Phi) is 4.82. The van der Waals surface area contributed by atoms with Crippen molar-refractivity contribution in [3.8, 4) is 0 Å². The first-order chi connectivity index (χ1) is 12.2. The lowest BCUT2D eigenvalue weighted by Crippen LogP contribution is -2.19. The second-order valence-electron chi connectivity index (χ2n) is 6.33. The van der Waals surface area contributed by atoms with E-state index in [1.54, 1.807) is 38.1 Å². The van der Waals surface area contributed by atoms with Gasteiger partial charge in [-0.15, -0.1) is 0 Å². The zero-order valence-corrected chi connectivity index (χ0v) is 15.3. The molecule has 2 aromatic carbocycles. The van der Waals surface area contributed by atoms with Gasteiger partial charge in [0.15, 0.2) is 0 Å². The van der Waals surface area contributed by atoms with Crippen LogP contribution in [0.4, 0.5) is 10.1 Å². The van der Waals surface area contributed by atoms with Crippen molar-refractivity contribution in [2.24, 2.45) is 0 Å². The Hall–Kier alpha value is -2.67. The minimum atomic E-state index is -3.60. The van der Waals surface area contributed by atoms with Gasteiger partial charge in [-0.25, -0.2) is 12.8 Å². The molecule has 0 saturated heterocycles. The number of H-pyrrole nitrogens is 1. The second-order valence-corrected chi connectivity index (χ2v) is 8.17. The summed E-state index contributed by atoms with van der Waals surface area (Å²) in [6.45, 7) is 3.57. The smallest absolute Gasteiger partial charge is 0.248 e. The maximum absolute atomic E-state index is 13.2. The van der Waals surface area contributed by atoms with Gasteiger partial charge in [-0.3, -0.25) is 9.52 Å². The highest BCUT2D eigenvalue weighted by Gasteiger charge is 2.14. The highest BCUT2D eigenvalue weighted by Crippen LogP contribution is 2.24. The Balaban J connectivity index is 1.85. The maximum Gasteiger partial charge on any atom is 0.248 e. The Labute approximate surface area is 150 Å². The van der Waals surface area contributed by atoms with Crippen LogP contribution < -0.4 is 10.3 Å². The number of halogens is 1. The number of pyridine rings is 1. The topological polar surface area (TPSA) is 79.0 Å². The number of anilines is 1. The number of nitrogens with one attached hydrogen (secondary N) is 2. The highest BCUT2D eigenvalue weighted by atomic mass is 32.2. The number of aromatic amines is 1. The molecule has 1 aromatic heterocycles. The molecular weight excluding hydrogens is 355 g/mol. The van der Waals surface area contributed by atoms with E-state index in [-0.39, 0.29) is 23.6 Å². The van der Waals surface area contributed by atoms with E-state index in [9.17, 15) is 17.6 Å². The summed E-state index contributed by atoms with van der Waals surface area (Å²) in [6, 6.07) is 10.8. The quantitative estimate of drug-likeness (QED) is 0.719. The SMILES string of the molecule is Cc1cc2[nH]c(=O)cc(C)c2cc1NS(=O)(=O)CCc1cccc(F)c1. The van der Waals surface area contributed by atoms with Gasteiger partial charge in [-0.05, 0) is 61.2 Å². The van der Waals surface area contributed by atoms with Crippen LogP contribution in [0, 0.1) is 19.7 Å². The Morgan fingerprint density at radius 1 is 1.08 bits per heavy atom. The molecule has 5 nitrogen and oxygen atoms in total. The van der Waals surface area contributed by atoms with Gasteiger partial charge in [0.25, 0.3) is 0 Å². The second kappa shape index (κ2) is 6.92. The van der Waals surface area contributed by atoms with Crippen LogP contribution >= 0.6 is 0 Å². The Morgan fingerprint density at radius 2 is 1.85 bits per heavy atom. The summed E-state index contributed by atoms with van der Waals surface area (Å²) in [5, 5.41) is 0.776.